The van der Waals surface area contributed by atoms with Gasteiger partial charge in [-0.05, 0) is 12.5 Å². The van der Waals surface area contributed by atoms with Crippen LogP contribution in [0.3, 0.4) is 0 Å². The Balaban J connectivity index is 6.68. The highest BCUT2D eigenvalue weighted by molar-refractivity contribution is 7.83. The highest BCUT2D eigenvalue weighted by atomic mass is 35.5. The number of esters is 1. The van der Waals surface area contributed by atoms with Gasteiger partial charge in [0.15, 0.2) is 5.31 Å². The Morgan fingerprint density at radius 2 is 1.76 bits per heavy atom. The zero-order valence-electron chi connectivity index (χ0n) is 13.9. The fraction of sp³-hybridized carbons (Fsp3) is 0.357. The van der Waals surface area contributed by atoms with Gasteiger partial charge in [-0.15, -0.1) is 9.35 Å². The van der Waals surface area contributed by atoms with Crippen LogP contribution >= 0.6 is 43.6 Å². The van der Waals surface area contributed by atoms with E-state index < -0.39 is 18.9 Å². The smallest absolute Gasteiger partial charge is 0.422 e. The average molecular weight is 429 g/mol. The molecule has 0 spiro atoms. The molecule has 7 nitrogen and oxygen atoms in total. The third-order valence-electron chi connectivity index (χ3n) is 2.38. The molecule has 0 aromatic carbocycles. The van der Waals surface area contributed by atoms with Gasteiger partial charge in [-0.25, -0.2) is 19.1 Å². The maximum atomic E-state index is 13.0. The quantitative estimate of drug-likeness (QED) is 0.113. The van der Waals surface area contributed by atoms with Crippen LogP contribution in [0.4, 0.5) is 0 Å². The normalized spacial score (nSPS) is 12.6. The van der Waals surface area contributed by atoms with Crippen molar-refractivity contribution in [1.82, 2.24) is 0 Å². The molecule has 0 N–H and O–H groups in total. The molecule has 0 unspecified atom stereocenters. The second-order valence-corrected chi connectivity index (χ2v) is 6.94. The van der Waals surface area contributed by atoms with Gasteiger partial charge < -0.3 is 4.74 Å². The molecule has 11 heteroatoms. The molecular formula is C14H18ClO7PS2. The highest BCUT2D eigenvalue weighted by Crippen LogP contribution is 2.58. The van der Waals surface area contributed by atoms with Crippen molar-refractivity contribution in [2.24, 2.45) is 0 Å². The highest BCUT2D eigenvalue weighted by Gasteiger charge is 2.43. The molecule has 140 valence electrons. The molecule has 0 rings (SSSR count). The van der Waals surface area contributed by atoms with Crippen molar-refractivity contribution in [2.75, 3.05) is 20.8 Å². The summed E-state index contributed by atoms with van der Waals surface area (Å²) in [6.45, 7) is 5.36. The number of rotatable bonds is 12. The van der Waals surface area contributed by atoms with Gasteiger partial charge in [0.05, 0.1) is 20.8 Å². The van der Waals surface area contributed by atoms with E-state index in [1.807, 2.05) is 0 Å². The molecule has 0 bridgehead atoms. The van der Waals surface area contributed by atoms with Crippen LogP contribution in [-0.2, 0) is 33.2 Å². The van der Waals surface area contributed by atoms with E-state index in [0.717, 1.165) is 19.8 Å². The molecule has 0 saturated heterocycles. The summed E-state index contributed by atoms with van der Waals surface area (Å²) in [5, 5.41) is -0.589. The molecule has 0 amide bonds. The molecule has 0 aliphatic carbocycles. The first kappa shape index (κ1) is 24.2. The van der Waals surface area contributed by atoms with Crippen LogP contribution in [0.1, 0.15) is 13.3 Å². The lowest BCUT2D eigenvalue weighted by Crippen LogP contribution is -2.19. The van der Waals surface area contributed by atoms with E-state index in [2.05, 4.69) is 25.7 Å². The summed E-state index contributed by atoms with van der Waals surface area (Å²) >= 11 is 15.9. The van der Waals surface area contributed by atoms with Crippen molar-refractivity contribution in [3.63, 3.8) is 0 Å². The molecule has 0 aliphatic rings. The summed E-state index contributed by atoms with van der Waals surface area (Å²) in [5.41, 5.74) is 0.970. The van der Waals surface area contributed by atoms with E-state index in [0.29, 0.717) is 6.42 Å². The number of thiocarbonyl (C=S) groups is 2. The standard InChI is InChI=1S/C14H18ClO7PS2/c1-5-9-20-14(16)13(23(17,21-18-3)22-19-4)12(10(24)6-2)11(25)7-8-15/h6-8H,2,5,9H2,1,3-4H3. The summed E-state index contributed by atoms with van der Waals surface area (Å²) in [4.78, 5) is 21.4. The lowest BCUT2D eigenvalue weighted by molar-refractivity contribution is -0.240. The number of allylic oxidation sites excluding steroid dienone is 3. The maximum absolute atomic E-state index is 13.0. The Hall–Kier alpha value is -0.770. The predicted octanol–water partition coefficient (Wildman–Crippen LogP) is 4.22. The van der Waals surface area contributed by atoms with Crippen molar-refractivity contribution >= 4 is 59.3 Å². The lowest BCUT2D eigenvalue weighted by atomic mass is 10.1. The molecule has 0 atom stereocenters. The van der Waals surface area contributed by atoms with Gasteiger partial charge in [-0.1, -0.05) is 55.6 Å². The Kier molecular flexibility index (Phi) is 12.2. The fourth-order valence-corrected chi connectivity index (χ4v) is 3.77. The van der Waals surface area contributed by atoms with Crippen LogP contribution < -0.4 is 0 Å². The molecule has 0 heterocycles. The first-order chi connectivity index (χ1) is 11.8. The number of hydrogen-bond donors (Lipinski definition) is 0. The van der Waals surface area contributed by atoms with Crippen LogP contribution in [0.5, 0.6) is 0 Å². The molecule has 0 fully saturated rings. The minimum atomic E-state index is -4.47. The second kappa shape index (κ2) is 12.6. The molecule has 25 heavy (non-hydrogen) atoms. The zero-order chi connectivity index (χ0) is 19.5. The van der Waals surface area contributed by atoms with Crippen LogP contribution in [-0.4, -0.2) is 36.5 Å². The predicted molar refractivity (Wildman–Crippen MR) is 102 cm³/mol. The van der Waals surface area contributed by atoms with Gasteiger partial charge in [-0.3, -0.25) is 0 Å². The summed E-state index contributed by atoms with van der Waals surface area (Å²) in [6, 6.07) is 0. The third-order valence-corrected chi connectivity index (χ3v) is 4.86. The number of carbonyl (C=O) groups excluding carboxylic acids is 1. The minimum absolute atomic E-state index is 0.00264. The first-order valence-corrected chi connectivity index (χ1v) is 9.57. The number of halogens is 1. The minimum Gasteiger partial charge on any atom is -0.462 e. The van der Waals surface area contributed by atoms with Crippen molar-refractivity contribution < 1.29 is 33.2 Å². The SMILES string of the molecule is C=CC(=S)C(C(=S)C=CCl)=C(C(=O)OCCC)P(=O)(OOC)OOC. The zero-order valence-corrected chi connectivity index (χ0v) is 17.1. The van der Waals surface area contributed by atoms with Crippen molar-refractivity contribution in [1.29, 1.82) is 0 Å². The van der Waals surface area contributed by atoms with Crippen LogP contribution in [0, 0.1) is 0 Å². The summed E-state index contributed by atoms with van der Waals surface area (Å²) in [6.07, 6.45) is 3.02. The van der Waals surface area contributed by atoms with Crippen LogP contribution in [0.25, 0.3) is 0 Å². The van der Waals surface area contributed by atoms with Crippen molar-refractivity contribution in [2.45, 2.75) is 13.3 Å². The van der Waals surface area contributed by atoms with Crippen molar-refractivity contribution in [3.8, 4) is 0 Å². The topological polar surface area (TPSA) is 80.3 Å². The summed E-state index contributed by atoms with van der Waals surface area (Å²) in [7, 11) is -2.32. The van der Waals surface area contributed by atoms with E-state index in [9.17, 15) is 9.36 Å². The van der Waals surface area contributed by atoms with E-state index >= 15 is 0 Å². The summed E-state index contributed by atoms with van der Waals surface area (Å²) < 4.78 is 27.4. The number of carbonyl (C=O) groups is 1. The van der Waals surface area contributed by atoms with E-state index in [-0.39, 0.29) is 21.9 Å². The fourth-order valence-electron chi connectivity index (χ4n) is 1.49. The van der Waals surface area contributed by atoms with Crippen molar-refractivity contribution in [3.05, 3.63) is 35.2 Å². The largest absolute Gasteiger partial charge is 0.462 e. The van der Waals surface area contributed by atoms with Gasteiger partial charge in [0, 0.05) is 20.8 Å². The molecule has 0 radical (unpaired) electrons. The van der Waals surface area contributed by atoms with E-state index in [1.54, 1.807) is 6.92 Å². The first-order valence-electron chi connectivity index (χ1n) is 6.77. The Bertz CT molecular complexity index is 621. The molecule has 0 saturated carbocycles. The average Bonchev–Trinajstić information content (AvgIpc) is 2.57. The third kappa shape index (κ3) is 7.16. The van der Waals surface area contributed by atoms with E-state index in [1.165, 1.54) is 12.2 Å². The Morgan fingerprint density at radius 1 is 1.20 bits per heavy atom. The lowest BCUT2D eigenvalue weighted by Gasteiger charge is -2.19. The van der Waals surface area contributed by atoms with Crippen LogP contribution in [0.2, 0.25) is 0 Å². The van der Waals surface area contributed by atoms with Gasteiger partial charge in [0.1, 0.15) is 0 Å². The second-order valence-electron chi connectivity index (χ2n) is 4.06. The molecule has 0 aromatic heterocycles. The maximum Gasteiger partial charge on any atom is 0.422 e. The number of hydrogen-bond acceptors (Lipinski definition) is 9. The molecule has 0 aromatic rings. The number of ether oxygens (including phenoxy) is 1. The molecular weight excluding hydrogens is 411 g/mol. The Labute approximate surface area is 161 Å². The Morgan fingerprint density at radius 3 is 2.16 bits per heavy atom. The molecule has 0 aliphatic heterocycles. The van der Waals surface area contributed by atoms with Gasteiger partial charge in [0.25, 0.3) is 0 Å². The van der Waals surface area contributed by atoms with E-state index in [4.69, 9.17) is 40.8 Å². The van der Waals surface area contributed by atoms with Crippen LogP contribution in [0.15, 0.2) is 35.2 Å². The van der Waals surface area contributed by atoms with Gasteiger partial charge >= 0.3 is 13.6 Å². The monoisotopic (exact) mass is 428 g/mol. The van der Waals surface area contributed by atoms with Gasteiger partial charge in [0.2, 0.25) is 0 Å². The van der Waals surface area contributed by atoms with Gasteiger partial charge in [-0.2, -0.15) is 0 Å². The summed E-state index contributed by atoms with van der Waals surface area (Å²) in [5.74, 6) is -1.02.